The van der Waals surface area contributed by atoms with Gasteiger partial charge in [0.2, 0.25) is 11.8 Å². The maximum atomic E-state index is 13.4. The van der Waals surface area contributed by atoms with Crippen LogP contribution in [0.1, 0.15) is 17.2 Å². The van der Waals surface area contributed by atoms with Crippen LogP contribution in [0.25, 0.3) is 0 Å². The maximum absolute atomic E-state index is 13.4. The highest BCUT2D eigenvalue weighted by Crippen LogP contribution is 2.56. The molecule has 1 saturated heterocycles. The second kappa shape index (κ2) is 6.28. The van der Waals surface area contributed by atoms with E-state index in [0.29, 0.717) is 16.8 Å². The normalized spacial score (nSPS) is 29.0. The summed E-state index contributed by atoms with van der Waals surface area (Å²) in [5.74, 6) is -1.15. The van der Waals surface area contributed by atoms with Crippen LogP contribution in [0.4, 0.5) is 11.4 Å². The summed E-state index contributed by atoms with van der Waals surface area (Å²) in [5, 5.41) is 24.1. The number of carbonyl (C=O) groups is 1. The summed E-state index contributed by atoms with van der Waals surface area (Å²) in [7, 11) is 0. The molecule has 30 heavy (non-hydrogen) atoms. The van der Waals surface area contributed by atoms with Gasteiger partial charge in [-0.15, -0.1) is 0 Å². The Morgan fingerprint density at radius 2 is 2.00 bits per heavy atom. The lowest BCUT2D eigenvalue weighted by Crippen LogP contribution is -2.54. The third-order valence-corrected chi connectivity index (χ3v) is 5.97. The van der Waals surface area contributed by atoms with Crippen molar-refractivity contribution in [1.29, 1.82) is 5.26 Å². The number of nitrogens with two attached hydrogens (primary N) is 1. The zero-order chi connectivity index (χ0) is 21.0. The van der Waals surface area contributed by atoms with E-state index in [4.69, 9.17) is 10.5 Å². The highest BCUT2D eigenvalue weighted by molar-refractivity contribution is 6.10. The van der Waals surface area contributed by atoms with E-state index in [1.165, 1.54) is 12.1 Å². The Bertz CT molecular complexity index is 1170. The first-order valence-corrected chi connectivity index (χ1v) is 9.22. The minimum absolute atomic E-state index is 0.0205. The van der Waals surface area contributed by atoms with Crippen molar-refractivity contribution in [2.24, 2.45) is 11.7 Å². The predicted molar refractivity (Wildman–Crippen MR) is 104 cm³/mol. The number of para-hydroxylation sites is 1. The van der Waals surface area contributed by atoms with Crippen LogP contribution in [0.5, 0.6) is 0 Å². The summed E-state index contributed by atoms with van der Waals surface area (Å²) in [6.45, 7) is 0. The smallest absolute Gasteiger partial charge is 0.269 e. The number of hydrazine groups is 1. The number of nitro benzene ring substituents is 1. The summed E-state index contributed by atoms with van der Waals surface area (Å²) in [5.41, 5.74) is 12.5. The van der Waals surface area contributed by atoms with Gasteiger partial charge in [-0.3, -0.25) is 14.9 Å². The van der Waals surface area contributed by atoms with E-state index in [-0.39, 0.29) is 23.1 Å². The molecule has 3 aliphatic heterocycles. The first-order valence-electron chi connectivity index (χ1n) is 9.22. The average molecular weight is 404 g/mol. The Labute approximate surface area is 170 Å². The lowest BCUT2D eigenvalue weighted by molar-refractivity contribution is -0.384. The van der Waals surface area contributed by atoms with Crippen LogP contribution in [0, 0.1) is 27.4 Å². The molecule has 1 fully saturated rings. The SMILES string of the molecule is N#CC1=C(N)OC2NNC(c3cccc([N+](=O)[O-])c3)C2C12C(=O)Nc1ccccc12. The van der Waals surface area contributed by atoms with Crippen molar-refractivity contribution in [3.8, 4) is 6.07 Å². The number of nitriles is 1. The van der Waals surface area contributed by atoms with Crippen molar-refractivity contribution >= 4 is 17.3 Å². The van der Waals surface area contributed by atoms with Gasteiger partial charge < -0.3 is 15.8 Å². The number of anilines is 1. The highest BCUT2D eigenvalue weighted by Gasteiger charge is 2.65. The van der Waals surface area contributed by atoms with Crippen LogP contribution >= 0.6 is 0 Å². The van der Waals surface area contributed by atoms with E-state index in [2.05, 4.69) is 22.2 Å². The summed E-state index contributed by atoms with van der Waals surface area (Å²) in [6.07, 6.45) is -0.733. The van der Waals surface area contributed by atoms with Gasteiger partial charge in [-0.25, -0.2) is 10.9 Å². The number of nitro groups is 1. The Balaban J connectivity index is 1.75. The molecule has 0 saturated carbocycles. The largest absolute Gasteiger partial charge is 0.458 e. The standard InChI is InChI=1S/C20H16N6O4/c21-9-13-17(22)30-18-15(20(13)12-6-1-2-7-14(12)23-19(20)27)16(24-25-18)10-4-3-5-11(8-10)26(28)29/h1-8,15-16,18,24-25H,22H2,(H,23,27). The number of ether oxygens (including phenoxy) is 1. The number of rotatable bonds is 2. The molecule has 5 N–H and O–H groups in total. The second-order valence-corrected chi connectivity index (χ2v) is 7.34. The third-order valence-electron chi connectivity index (χ3n) is 5.97. The number of carbonyl (C=O) groups excluding carboxylic acids is 1. The summed E-state index contributed by atoms with van der Waals surface area (Å²) in [6, 6.07) is 14.8. The molecule has 0 bridgehead atoms. The zero-order valence-electron chi connectivity index (χ0n) is 15.5. The van der Waals surface area contributed by atoms with Crippen LogP contribution in [0.3, 0.4) is 0 Å². The van der Waals surface area contributed by atoms with Crippen LogP contribution in [-0.2, 0) is 14.9 Å². The molecule has 0 aliphatic carbocycles. The molecule has 5 rings (SSSR count). The monoisotopic (exact) mass is 404 g/mol. The quantitative estimate of drug-likeness (QED) is 0.431. The molecule has 10 nitrogen and oxygen atoms in total. The fourth-order valence-corrected chi connectivity index (χ4v) is 4.79. The number of nitrogens with zero attached hydrogens (tertiary/aromatic N) is 2. The topological polar surface area (TPSA) is 155 Å². The van der Waals surface area contributed by atoms with Gasteiger partial charge >= 0.3 is 0 Å². The van der Waals surface area contributed by atoms with Crippen molar-refractivity contribution in [1.82, 2.24) is 10.9 Å². The van der Waals surface area contributed by atoms with Crippen molar-refractivity contribution in [3.63, 3.8) is 0 Å². The van der Waals surface area contributed by atoms with Crippen molar-refractivity contribution in [2.75, 3.05) is 5.32 Å². The minimum Gasteiger partial charge on any atom is -0.458 e. The van der Waals surface area contributed by atoms with E-state index in [1.54, 1.807) is 36.4 Å². The Morgan fingerprint density at radius 3 is 2.77 bits per heavy atom. The molecule has 1 spiro atoms. The molecule has 3 heterocycles. The van der Waals surface area contributed by atoms with Crippen LogP contribution in [-0.4, -0.2) is 17.1 Å². The summed E-state index contributed by atoms with van der Waals surface area (Å²) < 4.78 is 5.74. The fraction of sp³-hybridized carbons (Fsp3) is 0.200. The molecular formula is C20H16N6O4. The number of fused-ring (bicyclic) bond motifs is 4. The van der Waals surface area contributed by atoms with E-state index in [1.807, 2.05) is 0 Å². The fourth-order valence-electron chi connectivity index (χ4n) is 4.79. The molecule has 3 aliphatic rings. The number of hydrogen-bond donors (Lipinski definition) is 4. The van der Waals surface area contributed by atoms with Gasteiger partial charge in [0, 0.05) is 17.8 Å². The van der Waals surface area contributed by atoms with Gasteiger partial charge in [-0.1, -0.05) is 30.3 Å². The van der Waals surface area contributed by atoms with Crippen molar-refractivity contribution < 1.29 is 14.5 Å². The molecular weight excluding hydrogens is 388 g/mol. The van der Waals surface area contributed by atoms with Crippen LogP contribution in [0.2, 0.25) is 0 Å². The van der Waals surface area contributed by atoms with Crippen molar-refractivity contribution in [2.45, 2.75) is 17.7 Å². The average Bonchev–Trinajstić information content (AvgIpc) is 3.28. The zero-order valence-corrected chi connectivity index (χ0v) is 15.5. The Kier molecular flexibility index (Phi) is 3.79. The molecule has 0 radical (unpaired) electrons. The van der Waals surface area contributed by atoms with Gasteiger partial charge in [0.25, 0.3) is 5.69 Å². The van der Waals surface area contributed by atoms with Gasteiger partial charge in [0.15, 0.2) is 6.23 Å². The molecule has 10 heteroatoms. The Hall–Kier alpha value is -3.94. The van der Waals surface area contributed by atoms with Gasteiger partial charge in [-0.2, -0.15) is 5.26 Å². The van der Waals surface area contributed by atoms with Gasteiger partial charge in [0.1, 0.15) is 17.1 Å². The minimum atomic E-state index is -1.41. The van der Waals surface area contributed by atoms with Crippen LogP contribution in [0.15, 0.2) is 60.0 Å². The Morgan fingerprint density at radius 1 is 1.20 bits per heavy atom. The first kappa shape index (κ1) is 18.1. The molecule has 0 aromatic heterocycles. The predicted octanol–water partition coefficient (Wildman–Crippen LogP) is 1.30. The third kappa shape index (κ3) is 2.21. The first-order chi connectivity index (χ1) is 14.5. The number of benzene rings is 2. The number of nitrogens with one attached hydrogen (secondary N) is 3. The van der Waals surface area contributed by atoms with E-state index >= 15 is 0 Å². The van der Waals surface area contributed by atoms with E-state index in [0.717, 1.165) is 0 Å². The van der Waals surface area contributed by atoms with E-state index < -0.39 is 28.5 Å². The lowest BCUT2D eigenvalue weighted by Gasteiger charge is -2.42. The summed E-state index contributed by atoms with van der Waals surface area (Å²) in [4.78, 5) is 24.2. The number of non-ortho nitro benzene ring substituents is 1. The maximum Gasteiger partial charge on any atom is 0.269 e. The van der Waals surface area contributed by atoms with Crippen molar-refractivity contribution in [3.05, 3.63) is 81.2 Å². The number of amides is 1. The van der Waals surface area contributed by atoms with Crippen LogP contribution < -0.4 is 21.9 Å². The number of hydrogen-bond acceptors (Lipinski definition) is 8. The highest BCUT2D eigenvalue weighted by atomic mass is 16.6. The molecule has 4 unspecified atom stereocenters. The molecule has 1 amide bonds. The lowest BCUT2D eigenvalue weighted by atomic mass is 9.62. The molecule has 2 aromatic rings. The van der Waals surface area contributed by atoms with Gasteiger partial charge in [-0.05, 0) is 17.2 Å². The summed E-state index contributed by atoms with van der Waals surface area (Å²) >= 11 is 0. The molecule has 4 atom stereocenters. The molecule has 150 valence electrons. The van der Waals surface area contributed by atoms with Gasteiger partial charge in [0.05, 0.1) is 16.9 Å². The molecule has 2 aromatic carbocycles. The van der Waals surface area contributed by atoms with E-state index in [9.17, 15) is 20.2 Å². The second-order valence-electron chi connectivity index (χ2n) is 7.34.